The molecular weight excluding hydrogens is 212 g/mol. The Hall–Kier alpha value is -1.84. The molecule has 1 heterocycles. The number of rotatable bonds is 1. The topological polar surface area (TPSA) is 56.7 Å². The van der Waals surface area contributed by atoms with E-state index in [0.717, 1.165) is 11.4 Å². The minimum absolute atomic E-state index is 0.164. The van der Waals surface area contributed by atoms with Gasteiger partial charge in [-0.3, -0.25) is 0 Å². The van der Waals surface area contributed by atoms with Crippen molar-refractivity contribution >= 4 is 5.95 Å². The summed E-state index contributed by atoms with van der Waals surface area (Å²) in [5.74, 6) is 1.10. The van der Waals surface area contributed by atoms with Crippen LogP contribution >= 0.6 is 0 Å². The summed E-state index contributed by atoms with van der Waals surface area (Å²) in [6.07, 6.45) is 0. The molecule has 2 rings (SSSR count). The number of aromatic nitrogens is 3. The highest BCUT2D eigenvalue weighted by Gasteiger charge is 2.14. The van der Waals surface area contributed by atoms with Crippen LogP contribution in [0.2, 0.25) is 0 Å². The van der Waals surface area contributed by atoms with Crippen LogP contribution in [0.5, 0.6) is 0 Å². The lowest BCUT2D eigenvalue weighted by atomic mass is 9.87. The lowest BCUT2D eigenvalue weighted by Gasteiger charge is -2.18. The van der Waals surface area contributed by atoms with Crippen LogP contribution in [0, 0.1) is 0 Å². The normalized spacial score (nSPS) is 11.8. The molecule has 1 aromatic heterocycles. The van der Waals surface area contributed by atoms with Crippen molar-refractivity contribution in [2.24, 2.45) is 7.05 Å². The number of nitrogens with zero attached hydrogens (tertiary/aromatic N) is 3. The average molecular weight is 230 g/mol. The minimum atomic E-state index is 0.164. The number of nitrogens with two attached hydrogens (primary N) is 1. The van der Waals surface area contributed by atoms with Crippen LogP contribution in [0.25, 0.3) is 11.4 Å². The smallest absolute Gasteiger partial charge is 0.240 e. The second kappa shape index (κ2) is 3.87. The first-order valence-electron chi connectivity index (χ1n) is 5.65. The van der Waals surface area contributed by atoms with Crippen molar-refractivity contribution in [3.63, 3.8) is 0 Å². The van der Waals surface area contributed by atoms with Crippen molar-refractivity contribution in [3.05, 3.63) is 29.8 Å². The SMILES string of the molecule is Cn1nc(N)nc1-c1ccc(C(C)(C)C)cc1. The van der Waals surface area contributed by atoms with Gasteiger partial charge in [-0.15, -0.1) is 5.10 Å². The molecule has 0 bridgehead atoms. The maximum absolute atomic E-state index is 5.57. The van der Waals surface area contributed by atoms with Gasteiger partial charge in [-0.25, -0.2) is 4.68 Å². The predicted molar refractivity (Wildman–Crippen MR) is 69.6 cm³/mol. The van der Waals surface area contributed by atoms with E-state index in [0.29, 0.717) is 5.95 Å². The van der Waals surface area contributed by atoms with Gasteiger partial charge >= 0.3 is 0 Å². The molecule has 2 N–H and O–H groups in total. The molecule has 0 aliphatic carbocycles. The Morgan fingerprint density at radius 1 is 1.12 bits per heavy atom. The van der Waals surface area contributed by atoms with E-state index < -0.39 is 0 Å². The number of benzene rings is 1. The highest BCUT2D eigenvalue weighted by atomic mass is 15.4. The summed E-state index contributed by atoms with van der Waals surface area (Å²) >= 11 is 0. The zero-order chi connectivity index (χ0) is 12.6. The Labute approximate surface area is 101 Å². The summed E-state index contributed by atoms with van der Waals surface area (Å²) in [5, 5.41) is 4.04. The second-order valence-electron chi connectivity index (χ2n) is 5.24. The number of hydrogen-bond donors (Lipinski definition) is 1. The zero-order valence-electron chi connectivity index (χ0n) is 10.7. The van der Waals surface area contributed by atoms with E-state index in [1.165, 1.54) is 5.56 Å². The second-order valence-corrected chi connectivity index (χ2v) is 5.24. The van der Waals surface area contributed by atoms with Gasteiger partial charge in [0.2, 0.25) is 5.95 Å². The van der Waals surface area contributed by atoms with Gasteiger partial charge in [0.05, 0.1) is 0 Å². The molecule has 0 spiro atoms. The number of anilines is 1. The summed E-state index contributed by atoms with van der Waals surface area (Å²) in [5.41, 5.74) is 8.07. The maximum atomic E-state index is 5.57. The lowest BCUT2D eigenvalue weighted by Crippen LogP contribution is -2.10. The Bertz CT molecular complexity index is 517. The third kappa shape index (κ3) is 2.30. The highest BCUT2D eigenvalue weighted by Crippen LogP contribution is 2.25. The van der Waals surface area contributed by atoms with Crippen LogP contribution in [0.4, 0.5) is 5.95 Å². The molecule has 4 nitrogen and oxygen atoms in total. The number of hydrogen-bond acceptors (Lipinski definition) is 3. The van der Waals surface area contributed by atoms with Crippen LogP contribution in [0.15, 0.2) is 24.3 Å². The van der Waals surface area contributed by atoms with Crippen molar-refractivity contribution in [2.45, 2.75) is 26.2 Å². The first-order chi connectivity index (χ1) is 7.88. The molecule has 0 fully saturated rings. The fourth-order valence-electron chi connectivity index (χ4n) is 1.77. The van der Waals surface area contributed by atoms with Crippen LogP contribution in [-0.4, -0.2) is 14.8 Å². The van der Waals surface area contributed by atoms with Gasteiger partial charge in [-0.2, -0.15) is 4.98 Å². The molecule has 0 saturated heterocycles. The molecule has 0 aliphatic heterocycles. The first-order valence-corrected chi connectivity index (χ1v) is 5.65. The van der Waals surface area contributed by atoms with E-state index in [1.807, 2.05) is 7.05 Å². The standard InChI is InChI=1S/C13H18N4/c1-13(2,3)10-7-5-9(6-8-10)11-15-12(14)16-17(11)4/h5-8H,1-4H3,(H2,14,16). The summed E-state index contributed by atoms with van der Waals surface area (Å²) in [6, 6.07) is 8.37. The number of nitrogen functional groups attached to an aromatic ring is 1. The molecule has 0 saturated carbocycles. The van der Waals surface area contributed by atoms with E-state index >= 15 is 0 Å². The van der Waals surface area contributed by atoms with Crippen molar-refractivity contribution < 1.29 is 0 Å². The van der Waals surface area contributed by atoms with Gasteiger partial charge in [0.15, 0.2) is 5.82 Å². The van der Waals surface area contributed by atoms with Crippen LogP contribution in [0.1, 0.15) is 26.3 Å². The van der Waals surface area contributed by atoms with Gasteiger partial charge in [0, 0.05) is 12.6 Å². The molecule has 4 heteroatoms. The van der Waals surface area contributed by atoms with Gasteiger partial charge in [0.25, 0.3) is 0 Å². The Kier molecular flexibility index (Phi) is 2.65. The molecule has 2 aromatic rings. The van der Waals surface area contributed by atoms with Gasteiger partial charge < -0.3 is 5.73 Å². The summed E-state index contributed by atoms with van der Waals surface area (Å²) in [6.45, 7) is 6.59. The molecule has 0 atom stereocenters. The molecule has 0 radical (unpaired) electrons. The third-order valence-electron chi connectivity index (χ3n) is 2.79. The summed E-state index contributed by atoms with van der Waals surface area (Å²) < 4.78 is 1.70. The summed E-state index contributed by atoms with van der Waals surface area (Å²) in [4.78, 5) is 4.20. The van der Waals surface area contributed by atoms with Crippen molar-refractivity contribution in [3.8, 4) is 11.4 Å². The molecule has 0 unspecified atom stereocenters. The van der Waals surface area contributed by atoms with E-state index in [4.69, 9.17) is 5.73 Å². The van der Waals surface area contributed by atoms with Crippen molar-refractivity contribution in [1.82, 2.24) is 14.8 Å². The van der Waals surface area contributed by atoms with E-state index in [-0.39, 0.29) is 5.41 Å². The van der Waals surface area contributed by atoms with Gasteiger partial charge in [-0.1, -0.05) is 45.0 Å². The summed E-state index contributed by atoms with van der Waals surface area (Å²) in [7, 11) is 1.84. The molecule has 17 heavy (non-hydrogen) atoms. The fraction of sp³-hybridized carbons (Fsp3) is 0.385. The molecular formula is C13H18N4. The van der Waals surface area contributed by atoms with Crippen LogP contribution in [0.3, 0.4) is 0 Å². The minimum Gasteiger partial charge on any atom is -0.366 e. The van der Waals surface area contributed by atoms with E-state index in [9.17, 15) is 0 Å². The Morgan fingerprint density at radius 2 is 1.71 bits per heavy atom. The Balaban J connectivity index is 2.39. The Morgan fingerprint density at radius 3 is 2.12 bits per heavy atom. The first kappa shape index (κ1) is 11.6. The monoisotopic (exact) mass is 230 g/mol. The van der Waals surface area contributed by atoms with Crippen LogP contribution < -0.4 is 5.73 Å². The third-order valence-corrected chi connectivity index (χ3v) is 2.79. The molecule has 1 aromatic carbocycles. The van der Waals surface area contributed by atoms with Crippen molar-refractivity contribution in [1.29, 1.82) is 0 Å². The predicted octanol–water partition coefficient (Wildman–Crippen LogP) is 2.36. The molecule has 90 valence electrons. The largest absolute Gasteiger partial charge is 0.366 e. The average Bonchev–Trinajstić information content (AvgIpc) is 2.57. The van der Waals surface area contributed by atoms with Crippen molar-refractivity contribution in [2.75, 3.05) is 5.73 Å². The van der Waals surface area contributed by atoms with Gasteiger partial charge in [-0.05, 0) is 11.0 Å². The molecule has 0 amide bonds. The zero-order valence-corrected chi connectivity index (χ0v) is 10.7. The van der Waals surface area contributed by atoms with E-state index in [1.54, 1.807) is 4.68 Å². The number of aryl methyl sites for hydroxylation is 1. The maximum Gasteiger partial charge on any atom is 0.240 e. The lowest BCUT2D eigenvalue weighted by molar-refractivity contribution is 0.590. The molecule has 0 aliphatic rings. The van der Waals surface area contributed by atoms with Gasteiger partial charge in [0.1, 0.15) is 0 Å². The fourth-order valence-corrected chi connectivity index (χ4v) is 1.77. The van der Waals surface area contributed by atoms with E-state index in [2.05, 4.69) is 55.1 Å². The van der Waals surface area contributed by atoms with Crippen LogP contribution in [-0.2, 0) is 12.5 Å². The highest BCUT2D eigenvalue weighted by molar-refractivity contribution is 5.57. The quantitative estimate of drug-likeness (QED) is 0.818.